The molecule has 1 saturated carbocycles. The van der Waals surface area contributed by atoms with Gasteiger partial charge in [-0.2, -0.15) is 0 Å². The fourth-order valence-corrected chi connectivity index (χ4v) is 2.41. The van der Waals surface area contributed by atoms with Crippen LogP contribution < -0.4 is 5.32 Å². The molecule has 0 spiro atoms. The van der Waals surface area contributed by atoms with Crippen molar-refractivity contribution in [2.75, 3.05) is 19.4 Å². The number of rotatable bonds is 6. The highest BCUT2D eigenvalue weighted by Crippen LogP contribution is 2.47. The number of nitrogens with one attached hydrogen (secondary N) is 1. The smallest absolute Gasteiger partial charge is 0.271 e. The Labute approximate surface area is 121 Å². The van der Waals surface area contributed by atoms with Gasteiger partial charge in [0, 0.05) is 13.2 Å². The van der Waals surface area contributed by atoms with E-state index in [1.807, 2.05) is 6.26 Å². The molecular formula is C12H16ClN3O2S. The molecule has 5 nitrogen and oxygen atoms in total. The van der Waals surface area contributed by atoms with Crippen molar-refractivity contribution in [1.29, 1.82) is 0 Å². The summed E-state index contributed by atoms with van der Waals surface area (Å²) in [7, 11) is 0. The number of aliphatic hydroxyl groups is 1. The first-order valence-electron chi connectivity index (χ1n) is 6.06. The predicted octanol–water partition coefficient (Wildman–Crippen LogP) is 1.74. The van der Waals surface area contributed by atoms with Crippen LogP contribution in [0.2, 0.25) is 5.02 Å². The van der Waals surface area contributed by atoms with Gasteiger partial charge in [-0.3, -0.25) is 4.79 Å². The lowest BCUT2D eigenvalue weighted by Gasteiger charge is -2.14. The highest BCUT2D eigenvalue weighted by Gasteiger charge is 2.42. The molecule has 1 fully saturated rings. The first kappa shape index (κ1) is 14.6. The zero-order valence-corrected chi connectivity index (χ0v) is 12.2. The molecule has 0 atom stereocenters. The van der Waals surface area contributed by atoms with Gasteiger partial charge in [-0.15, -0.1) is 0 Å². The van der Waals surface area contributed by atoms with Crippen LogP contribution in [0, 0.1) is 5.41 Å². The van der Waals surface area contributed by atoms with Gasteiger partial charge in [0.1, 0.15) is 0 Å². The molecule has 0 radical (unpaired) electrons. The highest BCUT2D eigenvalue weighted by atomic mass is 35.5. The van der Waals surface area contributed by atoms with Gasteiger partial charge in [0.15, 0.2) is 10.9 Å². The van der Waals surface area contributed by atoms with Crippen molar-refractivity contribution < 1.29 is 9.90 Å². The molecule has 0 bridgehead atoms. The normalized spacial score (nSPS) is 16.2. The molecule has 19 heavy (non-hydrogen) atoms. The molecule has 1 aliphatic rings. The molecule has 1 amide bonds. The van der Waals surface area contributed by atoms with Gasteiger partial charge in [-0.25, -0.2) is 9.97 Å². The second-order valence-electron chi connectivity index (χ2n) is 4.71. The van der Waals surface area contributed by atoms with E-state index in [1.54, 1.807) is 0 Å². The van der Waals surface area contributed by atoms with Crippen LogP contribution in [0.25, 0.3) is 0 Å². The van der Waals surface area contributed by atoms with Crippen LogP contribution in [0.5, 0.6) is 0 Å². The molecule has 7 heteroatoms. The lowest BCUT2D eigenvalue weighted by molar-refractivity contribution is 0.0935. The Balaban J connectivity index is 2.00. The summed E-state index contributed by atoms with van der Waals surface area (Å²) in [5.41, 5.74) is 0.285. The molecule has 1 aromatic rings. The van der Waals surface area contributed by atoms with Gasteiger partial charge in [-0.1, -0.05) is 23.4 Å². The summed E-state index contributed by atoms with van der Waals surface area (Å²) in [5.74, 6) is -0.285. The van der Waals surface area contributed by atoms with Crippen molar-refractivity contribution in [3.05, 3.63) is 16.9 Å². The van der Waals surface area contributed by atoms with Gasteiger partial charge < -0.3 is 10.4 Å². The Bertz CT molecular complexity index is 480. The maximum atomic E-state index is 12.1. The quantitative estimate of drug-likeness (QED) is 0.618. The summed E-state index contributed by atoms with van der Waals surface area (Å²) < 4.78 is 0. The number of carbonyl (C=O) groups excluding carboxylic acids is 1. The molecule has 1 aromatic heterocycles. The second-order valence-corrected chi connectivity index (χ2v) is 5.89. The standard InChI is InChI=1S/C12H16ClN3O2S/c1-19-11-14-6-8(13)9(16-11)10(18)15-7-12(2-3-12)4-5-17/h6,17H,2-5,7H2,1H3,(H,15,18). The fraction of sp³-hybridized carbons (Fsp3) is 0.583. The van der Waals surface area contributed by atoms with Crippen LogP contribution in [-0.4, -0.2) is 40.4 Å². The largest absolute Gasteiger partial charge is 0.396 e. The van der Waals surface area contributed by atoms with E-state index in [0.29, 0.717) is 11.7 Å². The number of aromatic nitrogens is 2. The third kappa shape index (κ3) is 3.58. The number of aliphatic hydroxyl groups excluding tert-OH is 1. The van der Waals surface area contributed by atoms with Crippen molar-refractivity contribution in [3.8, 4) is 0 Å². The minimum Gasteiger partial charge on any atom is -0.396 e. The Morgan fingerprint density at radius 3 is 2.95 bits per heavy atom. The lowest BCUT2D eigenvalue weighted by Crippen LogP contribution is -2.31. The minimum absolute atomic E-state index is 0.0756. The van der Waals surface area contributed by atoms with Crippen molar-refractivity contribution in [3.63, 3.8) is 0 Å². The molecule has 1 heterocycles. The number of hydrogen-bond acceptors (Lipinski definition) is 5. The SMILES string of the molecule is CSc1ncc(Cl)c(C(=O)NCC2(CCO)CC2)n1. The molecule has 0 aromatic carbocycles. The van der Waals surface area contributed by atoms with Crippen molar-refractivity contribution >= 4 is 29.3 Å². The van der Waals surface area contributed by atoms with E-state index in [-0.39, 0.29) is 28.6 Å². The maximum Gasteiger partial charge on any atom is 0.271 e. The van der Waals surface area contributed by atoms with E-state index in [2.05, 4.69) is 15.3 Å². The minimum atomic E-state index is -0.285. The average molecular weight is 302 g/mol. The Hall–Kier alpha value is -0.850. The molecule has 0 aliphatic heterocycles. The van der Waals surface area contributed by atoms with E-state index in [1.165, 1.54) is 18.0 Å². The van der Waals surface area contributed by atoms with Crippen LogP contribution in [0.4, 0.5) is 0 Å². The van der Waals surface area contributed by atoms with Crippen LogP contribution in [0.15, 0.2) is 11.4 Å². The van der Waals surface area contributed by atoms with E-state index in [4.69, 9.17) is 16.7 Å². The summed E-state index contributed by atoms with van der Waals surface area (Å²) in [6, 6.07) is 0. The zero-order valence-electron chi connectivity index (χ0n) is 10.6. The number of halogens is 1. The Morgan fingerprint density at radius 1 is 1.63 bits per heavy atom. The Morgan fingerprint density at radius 2 is 2.37 bits per heavy atom. The summed E-state index contributed by atoms with van der Waals surface area (Å²) in [6.07, 6.45) is 6.09. The first-order chi connectivity index (χ1) is 9.10. The lowest BCUT2D eigenvalue weighted by atomic mass is 10.0. The number of nitrogens with zero attached hydrogens (tertiary/aromatic N) is 2. The van der Waals surface area contributed by atoms with Crippen molar-refractivity contribution in [2.45, 2.75) is 24.4 Å². The molecule has 0 saturated heterocycles. The molecule has 1 aliphatic carbocycles. The van der Waals surface area contributed by atoms with Crippen molar-refractivity contribution in [1.82, 2.24) is 15.3 Å². The first-order valence-corrected chi connectivity index (χ1v) is 7.66. The van der Waals surface area contributed by atoms with E-state index in [9.17, 15) is 4.79 Å². The topological polar surface area (TPSA) is 75.1 Å². The second kappa shape index (κ2) is 6.07. The third-order valence-electron chi connectivity index (χ3n) is 3.34. The van der Waals surface area contributed by atoms with Crippen LogP contribution in [0.1, 0.15) is 29.8 Å². The number of carbonyl (C=O) groups is 1. The summed E-state index contributed by atoms with van der Waals surface area (Å²) in [4.78, 5) is 20.2. The number of hydrogen-bond donors (Lipinski definition) is 2. The van der Waals surface area contributed by atoms with Gasteiger partial charge in [0.2, 0.25) is 0 Å². The predicted molar refractivity (Wildman–Crippen MR) is 74.5 cm³/mol. The molecular weight excluding hydrogens is 286 g/mol. The van der Waals surface area contributed by atoms with E-state index >= 15 is 0 Å². The summed E-state index contributed by atoms with van der Waals surface area (Å²) in [6.45, 7) is 0.710. The van der Waals surface area contributed by atoms with Gasteiger partial charge in [-0.05, 0) is 30.9 Å². The van der Waals surface area contributed by atoms with E-state index < -0.39 is 0 Å². The Kier molecular flexibility index (Phi) is 4.65. The average Bonchev–Trinajstić information content (AvgIpc) is 3.17. The van der Waals surface area contributed by atoms with Gasteiger partial charge in [0.25, 0.3) is 5.91 Å². The highest BCUT2D eigenvalue weighted by molar-refractivity contribution is 7.98. The number of thioether (sulfide) groups is 1. The monoisotopic (exact) mass is 301 g/mol. The van der Waals surface area contributed by atoms with Crippen LogP contribution >= 0.6 is 23.4 Å². The van der Waals surface area contributed by atoms with Gasteiger partial charge >= 0.3 is 0 Å². The fourth-order valence-electron chi connectivity index (χ4n) is 1.89. The molecule has 2 rings (SSSR count). The summed E-state index contributed by atoms with van der Waals surface area (Å²) in [5, 5.41) is 12.6. The number of amides is 1. The molecule has 104 valence electrons. The van der Waals surface area contributed by atoms with Crippen LogP contribution in [-0.2, 0) is 0 Å². The molecule has 0 unspecified atom stereocenters. The third-order valence-corrected chi connectivity index (χ3v) is 4.18. The maximum absolute atomic E-state index is 12.1. The molecule has 2 N–H and O–H groups in total. The van der Waals surface area contributed by atoms with E-state index in [0.717, 1.165) is 19.3 Å². The zero-order chi connectivity index (χ0) is 13.9. The van der Waals surface area contributed by atoms with Gasteiger partial charge in [0.05, 0.1) is 11.2 Å². The summed E-state index contributed by atoms with van der Waals surface area (Å²) >= 11 is 7.30. The van der Waals surface area contributed by atoms with Crippen LogP contribution in [0.3, 0.4) is 0 Å². The van der Waals surface area contributed by atoms with Crippen molar-refractivity contribution in [2.24, 2.45) is 5.41 Å².